The van der Waals surface area contributed by atoms with E-state index in [2.05, 4.69) is 31.6 Å². The average molecular weight is 436 g/mol. The van der Waals surface area contributed by atoms with Crippen molar-refractivity contribution in [3.63, 3.8) is 0 Å². The number of halogens is 2. The van der Waals surface area contributed by atoms with Crippen LogP contribution in [0.2, 0.25) is 0 Å². The van der Waals surface area contributed by atoms with Gasteiger partial charge in [-0.15, -0.1) is 0 Å². The maximum atomic E-state index is 14.6. The number of amidine groups is 1. The van der Waals surface area contributed by atoms with E-state index in [4.69, 9.17) is 11.6 Å². The van der Waals surface area contributed by atoms with Crippen molar-refractivity contribution in [2.75, 3.05) is 20.6 Å². The first kappa shape index (κ1) is 20.6. The molecule has 162 valence electrons. The SMILES string of the molecule is CN(C)C(=O)NC1CCCC(NC2=C(F)CNC(C3=CNC4NC=C(Cl)C=C34)=N2)C1. The van der Waals surface area contributed by atoms with Crippen LogP contribution >= 0.6 is 11.6 Å². The number of nitrogens with one attached hydrogen (secondary N) is 5. The highest BCUT2D eigenvalue weighted by molar-refractivity contribution is 6.31. The lowest BCUT2D eigenvalue weighted by atomic mass is 9.91. The normalized spacial score (nSPS) is 27.9. The topological polar surface area (TPSA) is 92.8 Å². The molecular weight excluding hydrogens is 409 g/mol. The Kier molecular flexibility index (Phi) is 5.90. The van der Waals surface area contributed by atoms with Gasteiger partial charge in [0.15, 0.2) is 11.6 Å². The first-order chi connectivity index (χ1) is 14.4. The number of nitrogens with zero attached hydrogens (tertiary/aromatic N) is 2. The molecule has 30 heavy (non-hydrogen) atoms. The molecule has 0 aromatic heterocycles. The van der Waals surface area contributed by atoms with E-state index in [0.717, 1.165) is 36.8 Å². The fourth-order valence-corrected chi connectivity index (χ4v) is 4.21. The van der Waals surface area contributed by atoms with Crippen LogP contribution in [0.5, 0.6) is 0 Å². The van der Waals surface area contributed by atoms with Crippen LogP contribution in [-0.4, -0.2) is 55.7 Å². The van der Waals surface area contributed by atoms with Crippen LogP contribution < -0.4 is 26.6 Å². The van der Waals surface area contributed by atoms with E-state index >= 15 is 0 Å². The Morgan fingerprint density at radius 2 is 2.03 bits per heavy atom. The first-order valence-electron chi connectivity index (χ1n) is 10.2. The van der Waals surface area contributed by atoms with Gasteiger partial charge in [-0.2, -0.15) is 0 Å². The molecule has 3 atom stereocenters. The van der Waals surface area contributed by atoms with E-state index in [-0.39, 0.29) is 42.5 Å². The predicted octanol–water partition coefficient (Wildman–Crippen LogP) is 1.72. The van der Waals surface area contributed by atoms with Gasteiger partial charge in [0.1, 0.15) is 12.0 Å². The molecule has 4 rings (SSSR count). The lowest BCUT2D eigenvalue weighted by Gasteiger charge is -2.32. The zero-order chi connectivity index (χ0) is 21.3. The van der Waals surface area contributed by atoms with Crippen molar-refractivity contribution in [2.24, 2.45) is 4.99 Å². The van der Waals surface area contributed by atoms with Crippen molar-refractivity contribution in [3.8, 4) is 0 Å². The lowest BCUT2D eigenvalue weighted by molar-refractivity contribution is 0.206. The number of hydrogen-bond donors (Lipinski definition) is 5. The summed E-state index contributed by atoms with van der Waals surface area (Å²) in [5.41, 5.74) is 1.81. The van der Waals surface area contributed by atoms with Gasteiger partial charge < -0.3 is 31.5 Å². The Morgan fingerprint density at radius 1 is 1.27 bits per heavy atom. The van der Waals surface area contributed by atoms with Crippen molar-refractivity contribution in [1.29, 1.82) is 0 Å². The Hall–Kier alpha value is -2.68. The smallest absolute Gasteiger partial charge is 0.317 e. The van der Waals surface area contributed by atoms with Gasteiger partial charge in [0.05, 0.1) is 11.6 Å². The molecule has 1 aliphatic carbocycles. The van der Waals surface area contributed by atoms with Gasteiger partial charge in [-0.05, 0) is 31.8 Å². The molecule has 3 heterocycles. The molecular formula is C20H27ClFN7O. The van der Waals surface area contributed by atoms with Crippen LogP contribution in [0.4, 0.5) is 9.18 Å². The van der Waals surface area contributed by atoms with Crippen molar-refractivity contribution in [3.05, 3.63) is 46.3 Å². The summed E-state index contributed by atoms with van der Waals surface area (Å²) >= 11 is 6.13. The zero-order valence-electron chi connectivity index (χ0n) is 17.1. The fourth-order valence-electron chi connectivity index (χ4n) is 4.02. The number of dihydropyridines is 1. The maximum Gasteiger partial charge on any atom is 0.317 e. The molecule has 5 N–H and O–H groups in total. The molecule has 0 spiro atoms. The van der Waals surface area contributed by atoms with Crippen LogP contribution in [0.15, 0.2) is 51.3 Å². The maximum absolute atomic E-state index is 14.6. The van der Waals surface area contributed by atoms with Crippen molar-refractivity contribution in [1.82, 2.24) is 31.5 Å². The summed E-state index contributed by atoms with van der Waals surface area (Å²) in [6.07, 6.45) is 8.91. The Balaban J connectivity index is 1.45. The third-order valence-electron chi connectivity index (χ3n) is 5.59. The van der Waals surface area contributed by atoms with Gasteiger partial charge in [-0.3, -0.25) is 0 Å². The van der Waals surface area contributed by atoms with E-state index < -0.39 is 0 Å². The molecule has 4 aliphatic rings. The highest BCUT2D eigenvalue weighted by atomic mass is 35.5. The lowest BCUT2D eigenvalue weighted by Crippen LogP contribution is -2.47. The zero-order valence-corrected chi connectivity index (χ0v) is 17.8. The third-order valence-corrected chi connectivity index (χ3v) is 5.81. The average Bonchev–Trinajstić information content (AvgIpc) is 3.13. The van der Waals surface area contributed by atoms with Gasteiger partial charge in [0, 0.05) is 49.7 Å². The van der Waals surface area contributed by atoms with E-state index in [1.54, 1.807) is 20.3 Å². The van der Waals surface area contributed by atoms with Gasteiger partial charge in [0.2, 0.25) is 0 Å². The van der Waals surface area contributed by atoms with Crippen molar-refractivity contribution >= 4 is 23.5 Å². The van der Waals surface area contributed by atoms with Crippen LogP contribution in [0.25, 0.3) is 0 Å². The summed E-state index contributed by atoms with van der Waals surface area (Å²) in [6, 6.07) is 0.00632. The summed E-state index contributed by atoms with van der Waals surface area (Å²) in [6.45, 7) is 0.0704. The number of urea groups is 1. The van der Waals surface area contributed by atoms with Crippen molar-refractivity contribution in [2.45, 2.75) is 43.9 Å². The quantitative estimate of drug-likeness (QED) is 0.463. The fraction of sp³-hybridized carbons (Fsp3) is 0.500. The highest BCUT2D eigenvalue weighted by Gasteiger charge is 2.31. The molecule has 0 bridgehead atoms. The molecule has 10 heteroatoms. The minimum atomic E-state index is -0.324. The van der Waals surface area contributed by atoms with E-state index in [0.29, 0.717) is 10.9 Å². The molecule has 3 unspecified atom stereocenters. The summed E-state index contributed by atoms with van der Waals surface area (Å²) in [7, 11) is 3.44. The number of hydrogen-bond acceptors (Lipinski definition) is 6. The van der Waals surface area contributed by atoms with Crippen LogP contribution in [0.1, 0.15) is 25.7 Å². The van der Waals surface area contributed by atoms with Crippen LogP contribution in [0.3, 0.4) is 0 Å². The molecule has 0 radical (unpaired) electrons. The summed E-state index contributed by atoms with van der Waals surface area (Å²) in [4.78, 5) is 18.0. The molecule has 1 saturated carbocycles. The number of allylic oxidation sites excluding steroid dienone is 2. The Labute approximate surface area is 180 Å². The molecule has 2 amide bonds. The molecule has 0 saturated heterocycles. The standard InChI is InChI=1S/C20H27ClFN7O/c1-29(2)20(30)27-13-5-3-4-12(7-13)26-19-16(22)10-25-18(28-19)15-9-24-17-14(15)6-11(21)8-23-17/h6,8-9,12-13,17,23-24,26H,3-5,7,10H2,1-2H3,(H,25,28)(H,27,30). The highest BCUT2D eigenvalue weighted by Crippen LogP contribution is 2.28. The monoisotopic (exact) mass is 435 g/mol. The van der Waals surface area contributed by atoms with Gasteiger partial charge in [-0.1, -0.05) is 11.6 Å². The van der Waals surface area contributed by atoms with Gasteiger partial charge in [0.25, 0.3) is 0 Å². The minimum Gasteiger partial charge on any atom is -0.367 e. The summed E-state index contributed by atoms with van der Waals surface area (Å²) in [5, 5.41) is 16.3. The number of rotatable bonds is 4. The molecule has 0 aromatic carbocycles. The predicted molar refractivity (Wildman–Crippen MR) is 115 cm³/mol. The van der Waals surface area contributed by atoms with Gasteiger partial charge >= 0.3 is 6.03 Å². The van der Waals surface area contributed by atoms with E-state index in [1.807, 2.05) is 12.3 Å². The van der Waals surface area contributed by atoms with Crippen LogP contribution in [0, 0.1) is 0 Å². The van der Waals surface area contributed by atoms with E-state index in [1.165, 1.54) is 4.90 Å². The van der Waals surface area contributed by atoms with Crippen LogP contribution in [-0.2, 0) is 0 Å². The number of carbonyl (C=O) groups is 1. The second-order valence-corrected chi connectivity index (χ2v) is 8.51. The molecule has 8 nitrogen and oxygen atoms in total. The largest absolute Gasteiger partial charge is 0.367 e. The first-order valence-corrected chi connectivity index (χ1v) is 10.5. The third kappa shape index (κ3) is 4.40. The Morgan fingerprint density at radius 3 is 2.83 bits per heavy atom. The second kappa shape index (κ2) is 8.59. The van der Waals surface area contributed by atoms with E-state index in [9.17, 15) is 9.18 Å². The molecule has 0 aromatic rings. The van der Waals surface area contributed by atoms with Crippen molar-refractivity contribution < 1.29 is 9.18 Å². The number of carbonyl (C=O) groups excluding carboxylic acids is 1. The molecule has 1 fully saturated rings. The Bertz CT molecular complexity index is 876. The number of amides is 2. The summed E-state index contributed by atoms with van der Waals surface area (Å²) < 4.78 is 14.6. The minimum absolute atomic E-state index is 0.0476. The van der Waals surface area contributed by atoms with Gasteiger partial charge in [-0.25, -0.2) is 14.2 Å². The summed E-state index contributed by atoms with van der Waals surface area (Å²) in [5.74, 6) is 0.528. The number of fused-ring (bicyclic) bond motifs is 1. The second-order valence-electron chi connectivity index (χ2n) is 8.07. The number of aliphatic imine (C=N–C) groups is 1. The molecule has 3 aliphatic heterocycles.